The van der Waals surface area contributed by atoms with Gasteiger partial charge in [-0.05, 0) is 24.1 Å². The number of hydrogen-bond acceptors (Lipinski definition) is 3. The summed E-state index contributed by atoms with van der Waals surface area (Å²) in [5.41, 5.74) is 1.26. The molecule has 15 heavy (non-hydrogen) atoms. The van der Waals surface area contributed by atoms with E-state index in [1.807, 2.05) is 24.3 Å². The summed E-state index contributed by atoms with van der Waals surface area (Å²) in [4.78, 5) is 11.1. The van der Waals surface area contributed by atoms with Crippen LogP contribution in [0.25, 0.3) is 0 Å². The number of carbonyl (C=O) groups excluding carboxylic acids is 1. The lowest BCUT2D eigenvalue weighted by molar-refractivity contribution is -0.124. The first-order valence-electron chi connectivity index (χ1n) is 4.98. The normalized spacial score (nSPS) is 10.0. The smallest absolute Gasteiger partial charge is 0.195 e. The Balaban J connectivity index is 2.40. The van der Waals surface area contributed by atoms with Crippen molar-refractivity contribution >= 4 is 5.78 Å². The zero-order chi connectivity index (χ0) is 11.1. The van der Waals surface area contributed by atoms with E-state index in [0.29, 0.717) is 0 Å². The molecular weight excluding hydrogens is 192 g/mol. The molecule has 0 amide bonds. The summed E-state index contributed by atoms with van der Waals surface area (Å²) in [7, 11) is 1.49. The first-order chi connectivity index (χ1) is 7.26. The Morgan fingerprint density at radius 2 is 1.87 bits per heavy atom. The second-order valence-electron chi connectivity index (χ2n) is 3.26. The van der Waals surface area contributed by atoms with Crippen LogP contribution in [0, 0.1) is 0 Å². The molecule has 1 aromatic carbocycles. The second kappa shape index (κ2) is 6.19. The second-order valence-corrected chi connectivity index (χ2v) is 3.26. The molecule has 0 heterocycles. The van der Waals surface area contributed by atoms with Crippen molar-refractivity contribution in [2.75, 3.05) is 20.3 Å². The van der Waals surface area contributed by atoms with Crippen LogP contribution in [-0.2, 0) is 16.0 Å². The van der Waals surface area contributed by atoms with Gasteiger partial charge in [0.2, 0.25) is 0 Å². The van der Waals surface area contributed by atoms with Crippen LogP contribution in [-0.4, -0.2) is 26.1 Å². The summed E-state index contributed by atoms with van der Waals surface area (Å²) in [5, 5.41) is 0. The fourth-order valence-corrected chi connectivity index (χ4v) is 1.19. The van der Waals surface area contributed by atoms with Crippen LogP contribution in [0.3, 0.4) is 0 Å². The van der Waals surface area contributed by atoms with Crippen molar-refractivity contribution in [1.29, 1.82) is 0 Å². The van der Waals surface area contributed by atoms with Gasteiger partial charge in [0.05, 0.1) is 0 Å². The van der Waals surface area contributed by atoms with E-state index >= 15 is 0 Å². The van der Waals surface area contributed by atoms with Crippen LogP contribution in [0.15, 0.2) is 24.3 Å². The molecule has 0 saturated heterocycles. The molecule has 0 aliphatic heterocycles. The van der Waals surface area contributed by atoms with E-state index < -0.39 is 0 Å². The molecule has 0 fully saturated rings. The highest BCUT2D eigenvalue weighted by Crippen LogP contribution is 2.12. The summed E-state index contributed by atoms with van der Waals surface area (Å²) in [5.74, 6) is 0.661. The molecule has 0 atom stereocenters. The number of rotatable bonds is 6. The van der Waals surface area contributed by atoms with Crippen molar-refractivity contribution in [3.8, 4) is 5.75 Å². The Kier molecular flexibility index (Phi) is 4.84. The molecule has 0 spiro atoms. The molecule has 82 valence electrons. The van der Waals surface area contributed by atoms with E-state index in [-0.39, 0.29) is 19.0 Å². The van der Waals surface area contributed by atoms with Gasteiger partial charge in [-0.3, -0.25) is 4.79 Å². The third-order valence-corrected chi connectivity index (χ3v) is 2.04. The zero-order valence-electron chi connectivity index (χ0n) is 9.16. The van der Waals surface area contributed by atoms with Crippen molar-refractivity contribution in [3.63, 3.8) is 0 Å². The van der Waals surface area contributed by atoms with Crippen LogP contribution in [0.2, 0.25) is 0 Å². The van der Waals surface area contributed by atoms with Gasteiger partial charge in [0, 0.05) is 7.11 Å². The van der Waals surface area contributed by atoms with Crippen LogP contribution >= 0.6 is 0 Å². The molecule has 0 N–H and O–H groups in total. The van der Waals surface area contributed by atoms with Gasteiger partial charge in [0.15, 0.2) is 5.78 Å². The molecule has 0 saturated carbocycles. The number of aryl methyl sites for hydroxylation is 1. The number of ether oxygens (including phenoxy) is 2. The number of ketones is 1. The standard InChI is InChI=1S/C12H16O3/c1-3-10-4-6-12(7-5-10)15-9-11(13)8-14-2/h4-7H,3,8-9H2,1-2H3. The van der Waals surface area contributed by atoms with Crippen LogP contribution < -0.4 is 4.74 Å². The van der Waals surface area contributed by atoms with E-state index in [1.54, 1.807) is 0 Å². The maximum atomic E-state index is 11.1. The first kappa shape index (κ1) is 11.7. The number of Topliss-reactive ketones (excluding diaryl/α,β-unsaturated/α-hetero) is 1. The predicted molar refractivity (Wildman–Crippen MR) is 58.2 cm³/mol. The molecule has 1 aromatic rings. The van der Waals surface area contributed by atoms with Gasteiger partial charge in [0.25, 0.3) is 0 Å². The van der Waals surface area contributed by atoms with Crippen LogP contribution in [0.4, 0.5) is 0 Å². The van der Waals surface area contributed by atoms with Crippen molar-refractivity contribution in [2.24, 2.45) is 0 Å². The van der Waals surface area contributed by atoms with E-state index in [4.69, 9.17) is 9.47 Å². The number of benzene rings is 1. The van der Waals surface area contributed by atoms with E-state index in [9.17, 15) is 4.79 Å². The van der Waals surface area contributed by atoms with Crippen molar-refractivity contribution in [3.05, 3.63) is 29.8 Å². The van der Waals surface area contributed by atoms with Gasteiger partial charge in [-0.25, -0.2) is 0 Å². The maximum Gasteiger partial charge on any atom is 0.195 e. The average Bonchev–Trinajstić information content (AvgIpc) is 2.27. The molecule has 0 aliphatic rings. The number of methoxy groups -OCH3 is 1. The monoisotopic (exact) mass is 208 g/mol. The molecule has 0 radical (unpaired) electrons. The highest BCUT2D eigenvalue weighted by Gasteiger charge is 2.01. The van der Waals surface area contributed by atoms with E-state index in [0.717, 1.165) is 12.2 Å². The predicted octanol–water partition coefficient (Wildman–Crippen LogP) is 1.84. The topological polar surface area (TPSA) is 35.5 Å². The lowest BCUT2D eigenvalue weighted by Gasteiger charge is -2.05. The molecular formula is C12H16O3. The van der Waals surface area contributed by atoms with Crippen molar-refractivity contribution in [2.45, 2.75) is 13.3 Å². The summed E-state index contributed by atoms with van der Waals surface area (Å²) < 4.78 is 9.99. The minimum Gasteiger partial charge on any atom is -0.486 e. The first-order valence-corrected chi connectivity index (χ1v) is 4.98. The van der Waals surface area contributed by atoms with Gasteiger partial charge >= 0.3 is 0 Å². The van der Waals surface area contributed by atoms with Crippen LogP contribution in [0.1, 0.15) is 12.5 Å². The molecule has 3 heteroatoms. The quantitative estimate of drug-likeness (QED) is 0.715. The van der Waals surface area contributed by atoms with E-state index in [2.05, 4.69) is 6.92 Å². The number of hydrogen-bond donors (Lipinski definition) is 0. The van der Waals surface area contributed by atoms with Gasteiger partial charge < -0.3 is 9.47 Å². The number of carbonyl (C=O) groups is 1. The Labute approximate surface area is 90.0 Å². The van der Waals surface area contributed by atoms with Gasteiger partial charge in [-0.15, -0.1) is 0 Å². The Hall–Kier alpha value is -1.35. The lowest BCUT2D eigenvalue weighted by Crippen LogP contribution is -2.16. The molecule has 0 bridgehead atoms. The van der Waals surface area contributed by atoms with E-state index in [1.165, 1.54) is 12.7 Å². The summed E-state index contributed by atoms with van der Waals surface area (Å²) in [6, 6.07) is 7.74. The minimum atomic E-state index is -0.0583. The largest absolute Gasteiger partial charge is 0.486 e. The average molecular weight is 208 g/mol. The fraction of sp³-hybridized carbons (Fsp3) is 0.417. The minimum absolute atomic E-state index is 0.0583. The SMILES string of the molecule is CCc1ccc(OCC(=O)COC)cc1. The molecule has 0 aromatic heterocycles. The third kappa shape index (κ3) is 4.13. The molecule has 0 aliphatic carbocycles. The maximum absolute atomic E-state index is 11.1. The lowest BCUT2D eigenvalue weighted by atomic mass is 10.2. The Morgan fingerprint density at radius 1 is 1.20 bits per heavy atom. The summed E-state index contributed by atoms with van der Waals surface area (Å²) in [6.07, 6.45) is 1.00. The van der Waals surface area contributed by atoms with Gasteiger partial charge in [0.1, 0.15) is 19.0 Å². The van der Waals surface area contributed by atoms with Gasteiger partial charge in [-0.1, -0.05) is 19.1 Å². The highest BCUT2D eigenvalue weighted by atomic mass is 16.5. The third-order valence-electron chi connectivity index (χ3n) is 2.04. The van der Waals surface area contributed by atoms with Gasteiger partial charge in [-0.2, -0.15) is 0 Å². The van der Waals surface area contributed by atoms with Crippen molar-refractivity contribution in [1.82, 2.24) is 0 Å². The summed E-state index contributed by atoms with van der Waals surface area (Å²) in [6.45, 7) is 2.27. The fourth-order valence-electron chi connectivity index (χ4n) is 1.19. The molecule has 3 nitrogen and oxygen atoms in total. The summed E-state index contributed by atoms with van der Waals surface area (Å²) >= 11 is 0. The zero-order valence-corrected chi connectivity index (χ0v) is 9.16. The molecule has 1 rings (SSSR count). The highest BCUT2D eigenvalue weighted by molar-refractivity contribution is 5.81. The van der Waals surface area contributed by atoms with Crippen LogP contribution in [0.5, 0.6) is 5.75 Å². The Morgan fingerprint density at radius 3 is 2.40 bits per heavy atom. The van der Waals surface area contributed by atoms with Crippen molar-refractivity contribution < 1.29 is 14.3 Å². The Bertz CT molecular complexity index is 303. The molecule has 0 unspecified atom stereocenters.